The van der Waals surface area contributed by atoms with E-state index in [1.165, 1.54) is 51.3 Å². The maximum atomic E-state index is 14.4. The Balaban J connectivity index is 2.16. The molecule has 0 spiro atoms. The Kier molecular flexibility index (Phi) is 9.14. The minimum atomic E-state index is -0.583. The van der Waals surface area contributed by atoms with Crippen molar-refractivity contribution in [3.05, 3.63) is 100 Å². The standard InChI is InChI=1S/C39H54OP2/c1-35(2,3)27-21-28(36(4,5)6)24-31(23-27)39(41-40,34-19-16-20-42(34)33-17-14-13-15-18-33)32-25-29(37(7,8)9)22-30(26-32)38(10,11)12/h13-15,17-18,21-26,34H,16,19-20H2,1-12H3/p+1. The van der Waals surface area contributed by atoms with Crippen LogP contribution in [0.2, 0.25) is 0 Å². The average molecular weight is 602 g/mol. The van der Waals surface area contributed by atoms with Crippen LogP contribution in [0.1, 0.15) is 129 Å². The van der Waals surface area contributed by atoms with Gasteiger partial charge in [-0.25, -0.2) is 0 Å². The van der Waals surface area contributed by atoms with Gasteiger partial charge in [0.05, 0.1) is 0 Å². The van der Waals surface area contributed by atoms with Crippen LogP contribution in [-0.4, -0.2) is 11.8 Å². The summed E-state index contributed by atoms with van der Waals surface area (Å²) in [6.07, 6.45) is 3.49. The van der Waals surface area contributed by atoms with Gasteiger partial charge in [-0.3, -0.25) is 0 Å². The van der Waals surface area contributed by atoms with Crippen molar-refractivity contribution in [3.63, 3.8) is 0 Å². The molecule has 0 radical (unpaired) electrons. The molecule has 0 aliphatic carbocycles. The number of hydrogen-bond donors (Lipinski definition) is 0. The van der Waals surface area contributed by atoms with Gasteiger partial charge in [0, 0.05) is 16.8 Å². The Morgan fingerprint density at radius 1 is 0.571 bits per heavy atom. The van der Waals surface area contributed by atoms with Crippen LogP contribution in [0.3, 0.4) is 0 Å². The van der Waals surface area contributed by atoms with Crippen LogP contribution >= 0.6 is 16.4 Å². The zero-order valence-electron chi connectivity index (χ0n) is 28.4. The molecule has 1 fully saturated rings. The Morgan fingerprint density at radius 3 is 1.26 bits per heavy atom. The summed E-state index contributed by atoms with van der Waals surface area (Å²) in [6, 6.07) is 25.7. The fourth-order valence-corrected chi connectivity index (χ4v) is 11.0. The minimum Gasteiger partial charge on any atom is -0.0760 e. The fourth-order valence-electron chi connectivity index (χ4n) is 6.33. The lowest BCUT2D eigenvalue weighted by Gasteiger charge is -2.37. The summed E-state index contributed by atoms with van der Waals surface area (Å²) in [6.45, 7) is 27.7. The average Bonchev–Trinajstić information content (AvgIpc) is 3.38. The first-order valence-electron chi connectivity index (χ1n) is 15.8. The predicted molar refractivity (Wildman–Crippen MR) is 188 cm³/mol. The maximum absolute atomic E-state index is 14.4. The van der Waals surface area contributed by atoms with Crippen molar-refractivity contribution in [2.24, 2.45) is 0 Å². The molecule has 0 aromatic heterocycles. The molecule has 0 saturated carbocycles. The van der Waals surface area contributed by atoms with Crippen LogP contribution in [-0.2, 0) is 31.4 Å². The molecule has 226 valence electrons. The van der Waals surface area contributed by atoms with E-state index in [0.717, 1.165) is 6.42 Å². The highest BCUT2D eigenvalue weighted by Crippen LogP contribution is 2.63. The molecule has 3 atom stereocenters. The fraction of sp³-hybridized carbons (Fsp3) is 0.538. The normalized spacial score (nSPS) is 19.0. The highest BCUT2D eigenvalue weighted by atomic mass is 31.1. The number of benzene rings is 3. The minimum absolute atomic E-state index is 0.0165. The van der Waals surface area contributed by atoms with Gasteiger partial charge in [0.25, 0.3) is 0 Å². The van der Waals surface area contributed by atoms with E-state index in [9.17, 15) is 4.57 Å². The monoisotopic (exact) mass is 601 g/mol. The van der Waals surface area contributed by atoms with Crippen molar-refractivity contribution in [3.8, 4) is 0 Å². The van der Waals surface area contributed by atoms with E-state index in [-0.39, 0.29) is 21.7 Å². The molecule has 3 aromatic carbocycles. The molecule has 1 aliphatic rings. The molecular formula is C39H55OP2+. The van der Waals surface area contributed by atoms with E-state index >= 15 is 0 Å². The summed E-state index contributed by atoms with van der Waals surface area (Å²) in [5, 5.41) is 0.865. The van der Waals surface area contributed by atoms with Crippen molar-refractivity contribution in [1.82, 2.24) is 0 Å². The van der Waals surface area contributed by atoms with Gasteiger partial charge in [0.1, 0.15) is 0 Å². The predicted octanol–water partition coefficient (Wildman–Crippen LogP) is 11.1. The van der Waals surface area contributed by atoms with Gasteiger partial charge in [-0.05, 0) is 68.2 Å². The van der Waals surface area contributed by atoms with Crippen LogP contribution < -0.4 is 5.30 Å². The van der Waals surface area contributed by atoms with Gasteiger partial charge in [-0.2, -0.15) is 0 Å². The van der Waals surface area contributed by atoms with Crippen LogP contribution in [0.5, 0.6) is 0 Å². The summed E-state index contributed by atoms with van der Waals surface area (Å²) < 4.78 is 14.4. The lowest BCUT2D eigenvalue weighted by atomic mass is 9.73. The van der Waals surface area contributed by atoms with Gasteiger partial charge in [0.15, 0.2) is 0 Å². The summed E-state index contributed by atoms with van der Waals surface area (Å²) >= 11 is 0. The Hall–Kier alpha value is -1.81. The number of rotatable bonds is 5. The first kappa shape index (κ1) is 33.1. The zero-order valence-corrected chi connectivity index (χ0v) is 30.3. The molecular weight excluding hydrogens is 546 g/mol. The molecule has 1 aliphatic heterocycles. The molecule has 0 N–H and O–H groups in total. The Morgan fingerprint density at radius 2 is 0.929 bits per heavy atom. The van der Waals surface area contributed by atoms with Crippen LogP contribution in [0.25, 0.3) is 0 Å². The summed E-state index contributed by atoms with van der Waals surface area (Å²) in [4.78, 5) is 0. The lowest BCUT2D eigenvalue weighted by molar-refractivity contribution is 0.539. The second-order valence-electron chi connectivity index (χ2n) is 16.7. The maximum Gasteiger partial charge on any atom is 0.341 e. The van der Waals surface area contributed by atoms with E-state index < -0.39 is 21.5 Å². The van der Waals surface area contributed by atoms with Gasteiger partial charge < -0.3 is 0 Å². The third-order valence-electron chi connectivity index (χ3n) is 9.24. The first-order valence-corrected chi connectivity index (χ1v) is 18.3. The van der Waals surface area contributed by atoms with E-state index in [0.29, 0.717) is 5.66 Å². The molecule has 3 unspecified atom stereocenters. The molecule has 1 heterocycles. The highest BCUT2D eigenvalue weighted by molar-refractivity contribution is 7.67. The van der Waals surface area contributed by atoms with Crippen molar-refractivity contribution in [1.29, 1.82) is 0 Å². The lowest BCUT2D eigenvalue weighted by Crippen LogP contribution is -2.36. The Labute approximate surface area is 260 Å². The molecule has 4 rings (SSSR count). The van der Waals surface area contributed by atoms with Crippen LogP contribution in [0.15, 0.2) is 66.7 Å². The second kappa shape index (κ2) is 11.6. The van der Waals surface area contributed by atoms with Crippen LogP contribution in [0.4, 0.5) is 0 Å². The van der Waals surface area contributed by atoms with E-state index in [1.807, 2.05) is 0 Å². The van der Waals surface area contributed by atoms with E-state index in [1.54, 1.807) is 0 Å². The van der Waals surface area contributed by atoms with E-state index in [2.05, 4.69) is 150 Å². The quantitative estimate of drug-likeness (QED) is 0.266. The molecule has 42 heavy (non-hydrogen) atoms. The summed E-state index contributed by atoms with van der Waals surface area (Å²) in [5.41, 5.74) is 8.05. The summed E-state index contributed by atoms with van der Waals surface area (Å²) in [5.74, 6) is 0. The van der Waals surface area contributed by atoms with Gasteiger partial charge in [-0.15, -0.1) is 0 Å². The van der Waals surface area contributed by atoms with Crippen molar-refractivity contribution >= 4 is 21.7 Å². The molecule has 3 aromatic rings. The third kappa shape index (κ3) is 6.64. The molecule has 1 saturated heterocycles. The topological polar surface area (TPSA) is 17.1 Å². The van der Waals surface area contributed by atoms with Crippen molar-refractivity contribution in [2.45, 2.75) is 128 Å². The van der Waals surface area contributed by atoms with E-state index in [4.69, 9.17) is 0 Å². The van der Waals surface area contributed by atoms with Gasteiger partial charge in [-0.1, -0.05) is 162 Å². The largest absolute Gasteiger partial charge is 0.341 e. The zero-order chi connectivity index (χ0) is 31.3. The third-order valence-corrected chi connectivity index (χ3v) is 13.9. The molecule has 1 nitrogen and oxygen atoms in total. The van der Waals surface area contributed by atoms with Crippen LogP contribution in [0, 0.1) is 0 Å². The smallest absolute Gasteiger partial charge is 0.0760 e. The van der Waals surface area contributed by atoms with Gasteiger partial charge >= 0.3 is 8.46 Å². The first-order chi connectivity index (χ1) is 19.3. The van der Waals surface area contributed by atoms with Gasteiger partial charge in [0.2, 0.25) is 5.16 Å². The highest BCUT2D eigenvalue weighted by Gasteiger charge is 2.55. The summed E-state index contributed by atoms with van der Waals surface area (Å²) in [7, 11) is -0.964. The SMILES string of the molecule is CC(C)(C)c1cc(C(C)(C)C)cc(C([PH+]=O)(c2cc(C(C)(C)C)cc(C(C)(C)C)c2)C2CCCP2c2ccccc2)c1. The molecule has 0 amide bonds. The van der Waals surface area contributed by atoms with Crippen molar-refractivity contribution in [2.75, 3.05) is 6.16 Å². The van der Waals surface area contributed by atoms with Crippen molar-refractivity contribution < 1.29 is 4.57 Å². The molecule has 3 heteroatoms. The molecule has 0 bridgehead atoms. The second-order valence-corrected chi connectivity index (χ2v) is 20.2. The Bertz CT molecular complexity index is 1270. The number of hydrogen-bond acceptors (Lipinski definition) is 1.